The molecule has 0 aromatic heterocycles. The van der Waals surface area contributed by atoms with Crippen molar-refractivity contribution in [3.8, 4) is 11.1 Å². The van der Waals surface area contributed by atoms with E-state index < -0.39 is 0 Å². The number of hydrogen-bond acceptors (Lipinski definition) is 1. The van der Waals surface area contributed by atoms with E-state index in [1.165, 1.54) is 0 Å². The van der Waals surface area contributed by atoms with Crippen LogP contribution in [-0.4, -0.2) is 6.29 Å². The molecule has 2 aromatic carbocycles. The monoisotopic (exact) mass is 181 g/mol. The Labute approximate surface area is 83.0 Å². The molecule has 14 heavy (non-hydrogen) atoms. The largest absolute Gasteiger partial charge is 0.298 e. The lowest BCUT2D eigenvalue weighted by Gasteiger charge is -2.00. The first-order valence-electron chi connectivity index (χ1n) is 4.42. The highest BCUT2D eigenvalue weighted by atomic mass is 16.1. The average molecular weight is 181 g/mol. The Morgan fingerprint density at radius 1 is 1.00 bits per heavy atom. The quantitative estimate of drug-likeness (QED) is 0.651. The van der Waals surface area contributed by atoms with Gasteiger partial charge in [-0.05, 0) is 23.3 Å². The van der Waals surface area contributed by atoms with Crippen molar-refractivity contribution in [3.05, 3.63) is 60.2 Å². The molecule has 67 valence electrons. The summed E-state index contributed by atoms with van der Waals surface area (Å²) in [6, 6.07) is 18.2. The number of benzene rings is 2. The number of carbonyl (C=O) groups is 1. The van der Waals surface area contributed by atoms with Crippen LogP contribution in [0.4, 0.5) is 0 Å². The van der Waals surface area contributed by atoms with Gasteiger partial charge >= 0.3 is 0 Å². The SMILES string of the molecule is O=Cc1cccc(-c2cc[c]cc2)c1. The van der Waals surface area contributed by atoms with Gasteiger partial charge in [-0.3, -0.25) is 4.79 Å². The maximum atomic E-state index is 10.6. The van der Waals surface area contributed by atoms with Crippen LogP contribution in [0.1, 0.15) is 10.4 Å². The van der Waals surface area contributed by atoms with Crippen LogP contribution in [0.2, 0.25) is 0 Å². The summed E-state index contributed by atoms with van der Waals surface area (Å²) >= 11 is 0. The minimum Gasteiger partial charge on any atom is -0.298 e. The van der Waals surface area contributed by atoms with Crippen LogP contribution in [0.3, 0.4) is 0 Å². The zero-order valence-electron chi connectivity index (χ0n) is 7.60. The molecule has 0 atom stereocenters. The minimum absolute atomic E-state index is 0.704. The third-order valence-electron chi connectivity index (χ3n) is 2.07. The maximum absolute atomic E-state index is 10.6. The second-order valence-corrected chi connectivity index (χ2v) is 3.03. The molecule has 0 aliphatic carbocycles. The highest BCUT2D eigenvalue weighted by Gasteiger charge is 1.96. The molecule has 0 spiro atoms. The highest BCUT2D eigenvalue weighted by molar-refractivity contribution is 5.78. The fourth-order valence-electron chi connectivity index (χ4n) is 1.37. The van der Waals surface area contributed by atoms with Gasteiger partial charge < -0.3 is 0 Å². The maximum Gasteiger partial charge on any atom is 0.150 e. The second kappa shape index (κ2) is 3.88. The number of aldehydes is 1. The van der Waals surface area contributed by atoms with Gasteiger partial charge in [0.05, 0.1) is 0 Å². The molecular formula is C13H9O. The van der Waals surface area contributed by atoms with Crippen molar-refractivity contribution in [3.63, 3.8) is 0 Å². The van der Waals surface area contributed by atoms with Crippen molar-refractivity contribution in [1.82, 2.24) is 0 Å². The van der Waals surface area contributed by atoms with Crippen LogP contribution >= 0.6 is 0 Å². The zero-order chi connectivity index (χ0) is 9.80. The Morgan fingerprint density at radius 2 is 1.79 bits per heavy atom. The first-order chi connectivity index (χ1) is 6.90. The number of carbonyl (C=O) groups excluding carboxylic acids is 1. The van der Waals surface area contributed by atoms with Gasteiger partial charge in [-0.25, -0.2) is 0 Å². The predicted octanol–water partition coefficient (Wildman–Crippen LogP) is 2.97. The van der Waals surface area contributed by atoms with Gasteiger partial charge in [-0.15, -0.1) is 0 Å². The standard InChI is InChI=1S/C13H9O/c14-10-11-5-4-8-13(9-11)12-6-2-1-3-7-12/h2-10H. The van der Waals surface area contributed by atoms with Gasteiger partial charge in [0.2, 0.25) is 0 Å². The van der Waals surface area contributed by atoms with Crippen molar-refractivity contribution in [1.29, 1.82) is 0 Å². The molecule has 0 bridgehead atoms. The fourth-order valence-corrected chi connectivity index (χ4v) is 1.37. The van der Waals surface area contributed by atoms with Gasteiger partial charge in [0, 0.05) is 5.56 Å². The van der Waals surface area contributed by atoms with Gasteiger partial charge in [-0.2, -0.15) is 0 Å². The summed E-state index contributed by atoms with van der Waals surface area (Å²) in [5.74, 6) is 0. The van der Waals surface area contributed by atoms with Gasteiger partial charge in [0.25, 0.3) is 0 Å². The van der Waals surface area contributed by atoms with Crippen LogP contribution in [-0.2, 0) is 0 Å². The zero-order valence-corrected chi connectivity index (χ0v) is 7.60. The molecule has 1 heteroatoms. The molecule has 0 unspecified atom stereocenters. The summed E-state index contributed by atoms with van der Waals surface area (Å²) < 4.78 is 0. The topological polar surface area (TPSA) is 17.1 Å². The Morgan fingerprint density at radius 3 is 2.50 bits per heavy atom. The molecule has 0 amide bonds. The summed E-state index contributed by atoms with van der Waals surface area (Å²) in [5.41, 5.74) is 2.87. The van der Waals surface area contributed by atoms with Crippen molar-refractivity contribution in [2.24, 2.45) is 0 Å². The first kappa shape index (κ1) is 8.70. The minimum atomic E-state index is 0.704. The van der Waals surface area contributed by atoms with Gasteiger partial charge in [0.15, 0.2) is 0 Å². The van der Waals surface area contributed by atoms with Crippen molar-refractivity contribution in [2.75, 3.05) is 0 Å². The molecule has 0 saturated carbocycles. The van der Waals surface area contributed by atoms with E-state index >= 15 is 0 Å². The third-order valence-corrected chi connectivity index (χ3v) is 2.07. The molecule has 2 rings (SSSR count). The summed E-state index contributed by atoms with van der Waals surface area (Å²) in [5, 5.41) is 0. The average Bonchev–Trinajstić information content (AvgIpc) is 2.30. The molecule has 2 aromatic rings. The molecule has 0 heterocycles. The molecule has 1 nitrogen and oxygen atoms in total. The first-order valence-corrected chi connectivity index (χ1v) is 4.42. The highest BCUT2D eigenvalue weighted by Crippen LogP contribution is 2.18. The fraction of sp³-hybridized carbons (Fsp3) is 0. The molecule has 0 fully saturated rings. The summed E-state index contributed by atoms with van der Waals surface area (Å²) in [6.45, 7) is 0. The number of rotatable bonds is 2. The van der Waals surface area contributed by atoms with E-state index in [0.29, 0.717) is 5.56 Å². The van der Waals surface area contributed by atoms with Crippen LogP contribution < -0.4 is 0 Å². The van der Waals surface area contributed by atoms with E-state index in [9.17, 15) is 4.79 Å². The van der Waals surface area contributed by atoms with E-state index in [1.807, 2.05) is 42.5 Å². The van der Waals surface area contributed by atoms with Crippen molar-refractivity contribution >= 4 is 6.29 Å². The van der Waals surface area contributed by atoms with Crippen molar-refractivity contribution in [2.45, 2.75) is 0 Å². The molecule has 0 saturated heterocycles. The van der Waals surface area contributed by atoms with Crippen LogP contribution in [0.15, 0.2) is 48.5 Å². The van der Waals surface area contributed by atoms with Crippen molar-refractivity contribution < 1.29 is 4.79 Å². The van der Waals surface area contributed by atoms with Crippen LogP contribution in [0.25, 0.3) is 11.1 Å². The van der Waals surface area contributed by atoms with Gasteiger partial charge in [-0.1, -0.05) is 42.5 Å². The Hall–Kier alpha value is -1.89. The van der Waals surface area contributed by atoms with Crippen LogP contribution in [0, 0.1) is 6.07 Å². The smallest absolute Gasteiger partial charge is 0.150 e. The lowest BCUT2D eigenvalue weighted by atomic mass is 10.0. The number of hydrogen-bond donors (Lipinski definition) is 0. The lowest BCUT2D eigenvalue weighted by molar-refractivity contribution is 0.112. The molecule has 1 radical (unpaired) electrons. The summed E-state index contributed by atoms with van der Waals surface area (Å²) in [4.78, 5) is 10.6. The van der Waals surface area contributed by atoms with E-state index in [0.717, 1.165) is 17.4 Å². The van der Waals surface area contributed by atoms with E-state index in [2.05, 4.69) is 6.07 Å². The van der Waals surface area contributed by atoms with E-state index in [4.69, 9.17) is 0 Å². The molecule has 0 aliphatic heterocycles. The summed E-state index contributed by atoms with van der Waals surface area (Å²) in [7, 11) is 0. The molecule has 0 aliphatic rings. The summed E-state index contributed by atoms with van der Waals surface area (Å²) in [6.07, 6.45) is 0.860. The van der Waals surface area contributed by atoms with Crippen LogP contribution in [0.5, 0.6) is 0 Å². The Balaban J connectivity index is 2.47. The third kappa shape index (κ3) is 1.72. The Bertz CT molecular complexity index is 432. The van der Waals surface area contributed by atoms with E-state index in [-0.39, 0.29) is 0 Å². The normalized spacial score (nSPS) is 9.71. The molecule has 0 N–H and O–H groups in total. The molecular weight excluding hydrogens is 172 g/mol. The van der Waals surface area contributed by atoms with Gasteiger partial charge in [0.1, 0.15) is 6.29 Å². The second-order valence-electron chi connectivity index (χ2n) is 3.03. The van der Waals surface area contributed by atoms with E-state index in [1.54, 1.807) is 6.07 Å². The Kier molecular flexibility index (Phi) is 2.41. The lowest BCUT2D eigenvalue weighted by Crippen LogP contribution is -1.81. The predicted molar refractivity (Wildman–Crippen MR) is 56.1 cm³/mol.